The van der Waals surface area contributed by atoms with Gasteiger partial charge in [0.2, 0.25) is 0 Å². The zero-order chi connectivity index (χ0) is 20.7. The van der Waals surface area contributed by atoms with Crippen LogP contribution in [0.4, 0.5) is 0 Å². The maximum atomic E-state index is 11.4. The van der Waals surface area contributed by atoms with Gasteiger partial charge in [0.15, 0.2) is 0 Å². The number of carboxylic acid groups (broad SMARTS) is 1. The van der Waals surface area contributed by atoms with Crippen molar-refractivity contribution in [2.75, 3.05) is 0 Å². The summed E-state index contributed by atoms with van der Waals surface area (Å²) in [6.45, 7) is 8.12. The third-order valence-corrected chi connectivity index (χ3v) is 4.89. The van der Waals surface area contributed by atoms with E-state index in [1.54, 1.807) is 0 Å². The second-order valence-electron chi connectivity index (χ2n) is 7.62. The van der Waals surface area contributed by atoms with Crippen LogP contribution in [0, 0.1) is 6.92 Å². The van der Waals surface area contributed by atoms with Crippen LogP contribution < -0.4 is 0 Å². The number of carboxylic acids is 1. The number of hydrogen-bond acceptors (Lipinski definition) is 3. The van der Waals surface area contributed by atoms with Crippen LogP contribution in [0.25, 0.3) is 5.57 Å². The average molecular weight is 385 g/mol. The third kappa shape index (κ3) is 5.75. The Labute approximate surface area is 168 Å². The van der Waals surface area contributed by atoms with E-state index in [0.717, 1.165) is 53.7 Å². The lowest BCUT2D eigenvalue weighted by Crippen LogP contribution is -2.05. The Morgan fingerprint density at radius 3 is 2.54 bits per heavy atom. The zero-order valence-electron chi connectivity index (χ0n) is 17.4. The van der Waals surface area contributed by atoms with E-state index in [1.165, 1.54) is 0 Å². The molecule has 0 heterocycles. The van der Waals surface area contributed by atoms with Crippen molar-refractivity contribution in [3.05, 3.63) is 64.1 Å². The minimum atomic E-state index is -0.936. The Bertz CT molecular complexity index is 797. The summed E-state index contributed by atoms with van der Waals surface area (Å²) in [6, 6.07) is 8.01. The lowest BCUT2D eigenvalue weighted by atomic mass is 9.94. The largest absolute Gasteiger partial charge is 0.512 e. The highest BCUT2D eigenvalue weighted by atomic mass is 16.5. The summed E-state index contributed by atoms with van der Waals surface area (Å²) < 4.78 is 6.15. The molecular formula is C24H32O4. The van der Waals surface area contributed by atoms with Crippen molar-refractivity contribution in [1.82, 2.24) is 0 Å². The molecule has 0 radical (unpaired) electrons. The van der Waals surface area contributed by atoms with Crippen molar-refractivity contribution in [2.24, 2.45) is 0 Å². The van der Waals surface area contributed by atoms with Gasteiger partial charge in [-0.3, -0.25) is 4.79 Å². The van der Waals surface area contributed by atoms with Gasteiger partial charge in [-0.15, -0.1) is 0 Å². The molecule has 0 aliphatic heterocycles. The molecule has 2 N–H and O–H groups in total. The summed E-state index contributed by atoms with van der Waals surface area (Å²) in [5.41, 5.74) is 4.41. The Morgan fingerprint density at radius 1 is 1.21 bits per heavy atom. The molecule has 1 aliphatic carbocycles. The van der Waals surface area contributed by atoms with Gasteiger partial charge in [0.25, 0.3) is 0 Å². The van der Waals surface area contributed by atoms with E-state index in [4.69, 9.17) is 4.74 Å². The van der Waals surface area contributed by atoms with Crippen molar-refractivity contribution >= 4 is 11.5 Å². The molecule has 0 bridgehead atoms. The van der Waals surface area contributed by atoms with Crippen LogP contribution in [0.3, 0.4) is 0 Å². The molecule has 1 aromatic rings. The molecule has 0 saturated heterocycles. The summed E-state index contributed by atoms with van der Waals surface area (Å²) >= 11 is 0. The average Bonchev–Trinajstić information content (AvgIpc) is 2.73. The van der Waals surface area contributed by atoms with Crippen LogP contribution in [0.15, 0.2) is 53.0 Å². The van der Waals surface area contributed by atoms with Gasteiger partial charge in [0.05, 0.1) is 12.5 Å². The first-order valence-electron chi connectivity index (χ1n) is 10.1. The highest BCUT2D eigenvalue weighted by molar-refractivity contribution is 5.77. The first-order chi connectivity index (χ1) is 13.3. The topological polar surface area (TPSA) is 66.8 Å². The smallest absolute Gasteiger partial charge is 0.307 e. The number of aliphatic carboxylic acids is 1. The second kappa shape index (κ2) is 10.2. The SMILES string of the molecule is CCCCCC1=CC(OC(C)C)=C(c2ccccc2C)CC(O)=C1CC(=O)O. The van der Waals surface area contributed by atoms with E-state index in [9.17, 15) is 15.0 Å². The first-order valence-corrected chi connectivity index (χ1v) is 10.1. The highest BCUT2D eigenvalue weighted by Crippen LogP contribution is 2.37. The van der Waals surface area contributed by atoms with Crippen LogP contribution in [0.2, 0.25) is 0 Å². The summed E-state index contributed by atoms with van der Waals surface area (Å²) in [5, 5.41) is 20.3. The fraction of sp³-hybridized carbons (Fsp3) is 0.458. The minimum Gasteiger partial charge on any atom is -0.512 e. The minimum absolute atomic E-state index is 0.0228. The van der Waals surface area contributed by atoms with E-state index in [1.807, 2.05) is 51.1 Å². The quantitative estimate of drug-likeness (QED) is 0.488. The van der Waals surface area contributed by atoms with E-state index < -0.39 is 5.97 Å². The van der Waals surface area contributed by atoms with Gasteiger partial charge in [0.1, 0.15) is 11.5 Å². The van der Waals surface area contributed by atoms with Gasteiger partial charge >= 0.3 is 5.97 Å². The van der Waals surface area contributed by atoms with Gasteiger partial charge in [-0.05, 0) is 56.4 Å². The third-order valence-electron chi connectivity index (χ3n) is 4.89. The standard InChI is InChI=1S/C24H32O4/c1-5-6-7-11-18-13-23(28-16(2)3)21(19-12-9-8-10-17(19)4)14-22(25)20(18)15-24(26)27/h8-10,12-13,16,25H,5-7,11,14-15H2,1-4H3,(H,26,27). The van der Waals surface area contributed by atoms with Crippen LogP contribution in [0.1, 0.15) is 70.4 Å². The second-order valence-corrected chi connectivity index (χ2v) is 7.62. The Morgan fingerprint density at radius 2 is 1.93 bits per heavy atom. The molecule has 152 valence electrons. The number of aliphatic hydroxyl groups excluding tert-OH is 1. The van der Waals surface area contributed by atoms with E-state index in [-0.39, 0.29) is 24.7 Å². The van der Waals surface area contributed by atoms with Gasteiger partial charge in [-0.25, -0.2) is 0 Å². The highest BCUT2D eigenvalue weighted by Gasteiger charge is 2.24. The van der Waals surface area contributed by atoms with Gasteiger partial charge < -0.3 is 14.9 Å². The van der Waals surface area contributed by atoms with Gasteiger partial charge in [-0.1, -0.05) is 44.0 Å². The fourth-order valence-electron chi connectivity index (χ4n) is 3.53. The number of carbonyl (C=O) groups is 1. The molecule has 2 rings (SSSR count). The first kappa shape index (κ1) is 21.8. The van der Waals surface area contributed by atoms with E-state index >= 15 is 0 Å². The Hall–Kier alpha value is -2.49. The van der Waals surface area contributed by atoms with Crippen molar-refractivity contribution in [1.29, 1.82) is 0 Å². The molecule has 28 heavy (non-hydrogen) atoms. The summed E-state index contributed by atoms with van der Waals surface area (Å²) in [5.74, 6) is -0.0814. The molecule has 4 heteroatoms. The van der Waals surface area contributed by atoms with Crippen LogP contribution in [-0.4, -0.2) is 22.3 Å². The molecule has 0 fully saturated rings. The molecule has 0 unspecified atom stereocenters. The van der Waals surface area contributed by atoms with Crippen molar-refractivity contribution in [3.63, 3.8) is 0 Å². The molecule has 0 atom stereocenters. The normalized spacial score (nSPS) is 15.0. The predicted molar refractivity (Wildman–Crippen MR) is 113 cm³/mol. The van der Waals surface area contributed by atoms with Crippen molar-refractivity contribution < 1.29 is 19.7 Å². The van der Waals surface area contributed by atoms with E-state index in [2.05, 4.69) is 6.92 Å². The molecule has 1 aromatic carbocycles. The number of allylic oxidation sites excluding steroid dienone is 3. The maximum Gasteiger partial charge on any atom is 0.307 e. The molecule has 1 aliphatic rings. The maximum absolute atomic E-state index is 11.4. The van der Waals surface area contributed by atoms with Crippen LogP contribution >= 0.6 is 0 Å². The number of aliphatic hydroxyl groups is 1. The number of benzene rings is 1. The number of ether oxygens (including phenoxy) is 1. The molecule has 0 spiro atoms. The molecule has 0 saturated carbocycles. The molecule has 4 nitrogen and oxygen atoms in total. The molecule has 0 aromatic heterocycles. The summed E-state index contributed by atoms with van der Waals surface area (Å²) in [6.07, 6.45) is 5.84. The number of rotatable bonds is 9. The van der Waals surface area contributed by atoms with Crippen molar-refractivity contribution in [3.8, 4) is 0 Å². The van der Waals surface area contributed by atoms with Gasteiger partial charge in [0, 0.05) is 17.6 Å². The van der Waals surface area contributed by atoms with E-state index in [0.29, 0.717) is 5.57 Å². The fourth-order valence-corrected chi connectivity index (χ4v) is 3.53. The lowest BCUT2D eigenvalue weighted by Gasteiger charge is -2.17. The zero-order valence-corrected chi connectivity index (χ0v) is 17.4. The number of aryl methyl sites for hydroxylation is 1. The Kier molecular flexibility index (Phi) is 7.91. The Balaban J connectivity index is 2.61. The molecular weight excluding hydrogens is 352 g/mol. The molecule has 0 amide bonds. The van der Waals surface area contributed by atoms with Crippen LogP contribution in [-0.2, 0) is 9.53 Å². The van der Waals surface area contributed by atoms with Crippen LogP contribution in [0.5, 0.6) is 0 Å². The number of hydrogen-bond donors (Lipinski definition) is 2. The van der Waals surface area contributed by atoms with Gasteiger partial charge in [-0.2, -0.15) is 0 Å². The number of unbranched alkanes of at least 4 members (excludes halogenated alkanes) is 2. The van der Waals surface area contributed by atoms with Crippen molar-refractivity contribution in [2.45, 2.75) is 72.3 Å². The lowest BCUT2D eigenvalue weighted by molar-refractivity contribution is -0.136. The summed E-state index contributed by atoms with van der Waals surface area (Å²) in [4.78, 5) is 11.4. The monoisotopic (exact) mass is 384 g/mol. The summed E-state index contributed by atoms with van der Waals surface area (Å²) in [7, 11) is 0. The predicted octanol–water partition coefficient (Wildman–Crippen LogP) is 6.33.